The number of aromatic amines is 1. The SMILES string of the molecule is O=[C]NC1(c2nc3ccc(CC=CC(=O)O)cc3[nH]2)CCC1. The van der Waals surface area contributed by atoms with Gasteiger partial charge in [0.25, 0.3) is 0 Å². The van der Waals surface area contributed by atoms with Crippen molar-refractivity contribution in [3.63, 3.8) is 0 Å². The fourth-order valence-corrected chi connectivity index (χ4v) is 2.76. The minimum atomic E-state index is -0.951. The first-order valence-corrected chi connectivity index (χ1v) is 7.16. The van der Waals surface area contributed by atoms with Gasteiger partial charge in [0.15, 0.2) is 0 Å². The van der Waals surface area contributed by atoms with Crippen LogP contribution in [0.15, 0.2) is 30.4 Å². The predicted molar refractivity (Wildman–Crippen MR) is 80.9 cm³/mol. The summed E-state index contributed by atoms with van der Waals surface area (Å²) in [5.41, 5.74) is 2.30. The number of carboxylic acid groups (broad SMARTS) is 1. The Morgan fingerprint density at radius 3 is 2.95 bits per heavy atom. The number of carbonyl (C=O) groups excluding carboxylic acids is 1. The maximum Gasteiger partial charge on any atom is 0.327 e. The molecule has 0 aliphatic heterocycles. The molecular formula is C16H16N3O3. The molecule has 0 saturated heterocycles. The smallest absolute Gasteiger partial charge is 0.327 e. The van der Waals surface area contributed by atoms with Gasteiger partial charge in [0, 0.05) is 6.08 Å². The lowest BCUT2D eigenvalue weighted by molar-refractivity contribution is -0.131. The van der Waals surface area contributed by atoms with Crippen LogP contribution >= 0.6 is 0 Å². The van der Waals surface area contributed by atoms with E-state index in [-0.39, 0.29) is 0 Å². The molecule has 1 aliphatic rings. The number of allylic oxidation sites excluding steroid dienone is 1. The highest BCUT2D eigenvalue weighted by Gasteiger charge is 2.41. The second-order valence-electron chi connectivity index (χ2n) is 5.54. The van der Waals surface area contributed by atoms with E-state index in [2.05, 4.69) is 15.3 Å². The average Bonchev–Trinajstić information content (AvgIpc) is 2.85. The predicted octanol–water partition coefficient (Wildman–Crippen LogP) is 1.78. The second kappa shape index (κ2) is 5.63. The number of amides is 1. The Hall–Kier alpha value is -2.63. The van der Waals surface area contributed by atoms with Crippen LogP contribution in [0, 0.1) is 0 Å². The molecule has 1 aromatic carbocycles. The number of carboxylic acids is 1. The number of imidazole rings is 1. The van der Waals surface area contributed by atoms with E-state index < -0.39 is 11.5 Å². The van der Waals surface area contributed by atoms with Crippen molar-refractivity contribution >= 4 is 23.4 Å². The summed E-state index contributed by atoms with van der Waals surface area (Å²) in [5, 5.41) is 11.4. The molecule has 2 aromatic rings. The number of aromatic nitrogens is 2. The van der Waals surface area contributed by atoms with Gasteiger partial charge in [-0.15, -0.1) is 0 Å². The lowest BCUT2D eigenvalue weighted by atomic mass is 9.76. The normalized spacial score (nSPS) is 16.5. The summed E-state index contributed by atoms with van der Waals surface area (Å²) >= 11 is 0. The average molecular weight is 298 g/mol. The molecule has 0 unspecified atom stereocenters. The van der Waals surface area contributed by atoms with Gasteiger partial charge < -0.3 is 15.4 Å². The van der Waals surface area contributed by atoms with Gasteiger partial charge in [-0.25, -0.2) is 9.78 Å². The third kappa shape index (κ3) is 2.59. The highest BCUT2D eigenvalue weighted by molar-refractivity contribution is 5.80. The quantitative estimate of drug-likeness (QED) is 0.559. The third-order valence-corrected chi connectivity index (χ3v) is 4.11. The van der Waals surface area contributed by atoms with E-state index in [1.54, 1.807) is 12.5 Å². The zero-order valence-electron chi connectivity index (χ0n) is 11.9. The summed E-state index contributed by atoms with van der Waals surface area (Å²) in [5.74, 6) is -0.191. The molecule has 6 heteroatoms. The highest BCUT2D eigenvalue weighted by atomic mass is 16.4. The number of nitrogens with zero attached hydrogens (tertiary/aromatic N) is 1. The summed E-state index contributed by atoms with van der Waals surface area (Å²) in [6.45, 7) is 0. The number of H-pyrrole nitrogens is 1. The minimum Gasteiger partial charge on any atom is -0.478 e. The number of rotatable bonds is 6. The van der Waals surface area contributed by atoms with E-state index >= 15 is 0 Å². The Morgan fingerprint density at radius 2 is 2.32 bits per heavy atom. The van der Waals surface area contributed by atoms with Crippen molar-refractivity contribution in [2.75, 3.05) is 0 Å². The van der Waals surface area contributed by atoms with Gasteiger partial charge in [0.1, 0.15) is 5.82 Å². The fraction of sp³-hybridized carbons (Fsp3) is 0.312. The number of fused-ring (bicyclic) bond motifs is 1. The minimum absolute atomic E-state index is 0.413. The molecule has 3 rings (SSSR count). The molecule has 6 nitrogen and oxygen atoms in total. The van der Waals surface area contributed by atoms with Gasteiger partial charge in [-0.3, -0.25) is 4.79 Å². The van der Waals surface area contributed by atoms with Crippen molar-refractivity contribution in [3.05, 3.63) is 41.7 Å². The number of nitrogens with one attached hydrogen (secondary N) is 2. The maximum atomic E-state index is 10.7. The van der Waals surface area contributed by atoms with Crippen LogP contribution in [0.2, 0.25) is 0 Å². The molecule has 0 bridgehead atoms. The Kier molecular flexibility index (Phi) is 3.66. The molecule has 1 heterocycles. The van der Waals surface area contributed by atoms with Crippen LogP contribution in [0.1, 0.15) is 30.7 Å². The van der Waals surface area contributed by atoms with Gasteiger partial charge in [0.2, 0.25) is 0 Å². The number of hydrogen-bond donors (Lipinski definition) is 3. The number of benzene rings is 1. The molecule has 0 atom stereocenters. The van der Waals surface area contributed by atoms with Crippen LogP contribution in [0.3, 0.4) is 0 Å². The van der Waals surface area contributed by atoms with Gasteiger partial charge in [-0.1, -0.05) is 12.1 Å². The fourth-order valence-electron chi connectivity index (χ4n) is 2.76. The second-order valence-corrected chi connectivity index (χ2v) is 5.54. The topological polar surface area (TPSA) is 95.1 Å². The summed E-state index contributed by atoms with van der Waals surface area (Å²) in [6, 6.07) is 5.77. The van der Waals surface area contributed by atoms with E-state index in [0.717, 1.165) is 47.8 Å². The lowest BCUT2D eigenvalue weighted by Crippen LogP contribution is -2.48. The maximum absolute atomic E-state index is 10.7. The van der Waals surface area contributed by atoms with Crippen molar-refractivity contribution in [1.82, 2.24) is 15.3 Å². The first kappa shape index (κ1) is 14.3. The van der Waals surface area contributed by atoms with Gasteiger partial charge in [0.05, 0.1) is 16.6 Å². The Morgan fingerprint density at radius 1 is 1.50 bits per heavy atom. The van der Waals surface area contributed by atoms with Crippen molar-refractivity contribution in [2.24, 2.45) is 0 Å². The van der Waals surface area contributed by atoms with Crippen molar-refractivity contribution in [3.8, 4) is 0 Å². The van der Waals surface area contributed by atoms with E-state index in [1.165, 1.54) is 0 Å². The number of aliphatic carboxylic acids is 1. The summed E-state index contributed by atoms with van der Waals surface area (Å²) in [4.78, 5) is 29.0. The monoisotopic (exact) mass is 298 g/mol. The first-order valence-electron chi connectivity index (χ1n) is 7.16. The van der Waals surface area contributed by atoms with Crippen LogP contribution < -0.4 is 5.32 Å². The molecular weight excluding hydrogens is 282 g/mol. The van der Waals surface area contributed by atoms with E-state index in [9.17, 15) is 9.59 Å². The summed E-state index contributed by atoms with van der Waals surface area (Å²) in [7, 11) is 0. The highest BCUT2D eigenvalue weighted by Crippen LogP contribution is 2.40. The van der Waals surface area contributed by atoms with Crippen LogP contribution in [0.25, 0.3) is 11.0 Å². The first-order chi connectivity index (χ1) is 10.6. The molecule has 0 spiro atoms. The summed E-state index contributed by atoms with van der Waals surface area (Å²) < 4.78 is 0. The molecule has 1 aliphatic carbocycles. The van der Waals surface area contributed by atoms with Crippen molar-refractivity contribution < 1.29 is 14.7 Å². The van der Waals surface area contributed by atoms with Crippen LogP contribution in [-0.4, -0.2) is 27.5 Å². The molecule has 22 heavy (non-hydrogen) atoms. The van der Waals surface area contributed by atoms with Crippen LogP contribution in [-0.2, 0) is 21.5 Å². The number of carbonyl (C=O) groups is 1. The molecule has 1 amide bonds. The molecule has 1 radical (unpaired) electrons. The zero-order chi connectivity index (χ0) is 15.6. The van der Waals surface area contributed by atoms with Crippen LogP contribution in [0.4, 0.5) is 0 Å². The number of hydrogen-bond acceptors (Lipinski definition) is 3. The van der Waals surface area contributed by atoms with E-state index in [1.807, 2.05) is 18.2 Å². The van der Waals surface area contributed by atoms with E-state index in [0.29, 0.717) is 6.42 Å². The van der Waals surface area contributed by atoms with Gasteiger partial charge in [-0.05, 0) is 43.4 Å². The van der Waals surface area contributed by atoms with Crippen LogP contribution in [0.5, 0.6) is 0 Å². The van der Waals surface area contributed by atoms with Crippen molar-refractivity contribution in [1.29, 1.82) is 0 Å². The van der Waals surface area contributed by atoms with Gasteiger partial charge >= 0.3 is 12.4 Å². The summed E-state index contributed by atoms with van der Waals surface area (Å²) in [6.07, 6.45) is 7.83. The Balaban J connectivity index is 1.87. The standard InChI is InChI=1S/C16H16N3O3/c20-10-17-16(7-2-8-16)15-18-12-6-5-11(9-13(12)19-15)3-1-4-14(21)22/h1,4-6,9H,2-3,7-8H2,(H,17,20)(H,18,19)(H,21,22). The molecule has 1 fully saturated rings. The largest absolute Gasteiger partial charge is 0.478 e. The van der Waals surface area contributed by atoms with E-state index in [4.69, 9.17) is 5.11 Å². The third-order valence-electron chi connectivity index (χ3n) is 4.11. The molecule has 1 aromatic heterocycles. The molecule has 113 valence electrons. The Labute approximate surface area is 127 Å². The van der Waals surface area contributed by atoms with Gasteiger partial charge in [-0.2, -0.15) is 0 Å². The Bertz CT molecular complexity index is 744. The lowest BCUT2D eigenvalue weighted by Gasteiger charge is -2.39. The zero-order valence-corrected chi connectivity index (χ0v) is 11.9. The van der Waals surface area contributed by atoms with Crippen molar-refractivity contribution in [2.45, 2.75) is 31.2 Å². The molecule has 3 N–H and O–H groups in total. The molecule has 1 saturated carbocycles.